The highest BCUT2D eigenvalue weighted by atomic mass is 32.2. The molecule has 104 valence electrons. The molecule has 7 nitrogen and oxygen atoms in total. The van der Waals surface area contributed by atoms with Gasteiger partial charge in [0.2, 0.25) is 0 Å². The van der Waals surface area contributed by atoms with Crippen LogP contribution in [0.2, 0.25) is 0 Å². The standard InChI is InChI=1S/C11H14N2O5S/c1-17-9(14)6-8-10(15)13(11(16)19-8)7-12-2-4-18-5-3-12/h6H,2-5,7H2,1H3. The molecular formula is C11H14N2O5S. The van der Waals surface area contributed by atoms with Gasteiger partial charge in [-0.3, -0.25) is 19.4 Å². The van der Waals surface area contributed by atoms with Crippen molar-refractivity contribution in [2.75, 3.05) is 40.1 Å². The lowest BCUT2D eigenvalue weighted by Crippen LogP contribution is -2.45. The topological polar surface area (TPSA) is 76.2 Å². The molecule has 0 aliphatic carbocycles. The highest BCUT2D eigenvalue weighted by molar-refractivity contribution is 8.18. The zero-order valence-electron chi connectivity index (χ0n) is 10.5. The van der Waals surface area contributed by atoms with E-state index in [9.17, 15) is 14.4 Å². The number of esters is 1. The van der Waals surface area contributed by atoms with Crippen LogP contribution in [0.3, 0.4) is 0 Å². The molecule has 0 N–H and O–H groups in total. The summed E-state index contributed by atoms with van der Waals surface area (Å²) in [6, 6.07) is 0. The maximum Gasteiger partial charge on any atom is 0.331 e. The molecular weight excluding hydrogens is 272 g/mol. The van der Waals surface area contributed by atoms with Gasteiger partial charge in [-0.1, -0.05) is 0 Å². The van der Waals surface area contributed by atoms with Crippen LogP contribution in [0.25, 0.3) is 0 Å². The Morgan fingerprint density at radius 3 is 2.74 bits per heavy atom. The van der Waals surface area contributed by atoms with E-state index in [0.29, 0.717) is 26.3 Å². The molecule has 2 aliphatic heterocycles. The number of thioether (sulfide) groups is 1. The normalized spacial score (nSPS) is 23.2. The van der Waals surface area contributed by atoms with Gasteiger partial charge in [0.05, 0.1) is 31.9 Å². The molecule has 0 saturated carbocycles. The second-order valence-corrected chi connectivity index (χ2v) is 5.00. The number of rotatable bonds is 3. The fraction of sp³-hybridized carbons (Fsp3) is 0.545. The number of ether oxygens (including phenoxy) is 2. The number of imide groups is 1. The molecule has 2 saturated heterocycles. The molecule has 19 heavy (non-hydrogen) atoms. The van der Waals surface area contributed by atoms with E-state index in [0.717, 1.165) is 22.7 Å². The summed E-state index contributed by atoms with van der Waals surface area (Å²) < 4.78 is 9.64. The van der Waals surface area contributed by atoms with E-state index < -0.39 is 11.9 Å². The van der Waals surface area contributed by atoms with Gasteiger partial charge in [-0.15, -0.1) is 0 Å². The van der Waals surface area contributed by atoms with Gasteiger partial charge in [0, 0.05) is 19.2 Å². The Balaban J connectivity index is 2.01. The third kappa shape index (κ3) is 3.34. The second kappa shape index (κ2) is 6.18. The lowest BCUT2D eigenvalue weighted by Gasteiger charge is -2.29. The fourth-order valence-corrected chi connectivity index (χ4v) is 2.52. The lowest BCUT2D eigenvalue weighted by molar-refractivity contribution is -0.135. The van der Waals surface area contributed by atoms with E-state index in [4.69, 9.17) is 4.74 Å². The highest BCUT2D eigenvalue weighted by Gasteiger charge is 2.36. The first-order valence-electron chi connectivity index (χ1n) is 5.75. The first kappa shape index (κ1) is 14.0. The van der Waals surface area contributed by atoms with Crippen molar-refractivity contribution in [3.05, 3.63) is 11.0 Å². The minimum Gasteiger partial charge on any atom is -0.466 e. The van der Waals surface area contributed by atoms with Crippen LogP contribution >= 0.6 is 11.8 Å². The van der Waals surface area contributed by atoms with E-state index in [1.54, 1.807) is 0 Å². The maximum absolute atomic E-state index is 12.0. The molecule has 2 heterocycles. The summed E-state index contributed by atoms with van der Waals surface area (Å²) >= 11 is 0.754. The van der Waals surface area contributed by atoms with Crippen LogP contribution < -0.4 is 0 Å². The van der Waals surface area contributed by atoms with E-state index in [1.807, 2.05) is 4.90 Å². The van der Waals surface area contributed by atoms with Gasteiger partial charge >= 0.3 is 5.97 Å². The summed E-state index contributed by atoms with van der Waals surface area (Å²) in [5.41, 5.74) is 0. The minimum atomic E-state index is -0.642. The van der Waals surface area contributed by atoms with Crippen molar-refractivity contribution in [3.8, 4) is 0 Å². The number of carbonyl (C=O) groups is 3. The first-order valence-corrected chi connectivity index (χ1v) is 6.57. The molecule has 0 unspecified atom stereocenters. The van der Waals surface area contributed by atoms with Crippen molar-refractivity contribution in [1.82, 2.24) is 9.80 Å². The van der Waals surface area contributed by atoms with Gasteiger partial charge in [-0.2, -0.15) is 0 Å². The van der Waals surface area contributed by atoms with Crippen molar-refractivity contribution < 1.29 is 23.9 Å². The van der Waals surface area contributed by atoms with E-state index in [-0.39, 0.29) is 16.8 Å². The van der Waals surface area contributed by atoms with Crippen LogP contribution in [0.15, 0.2) is 11.0 Å². The number of hydrogen-bond acceptors (Lipinski definition) is 7. The summed E-state index contributed by atoms with van der Waals surface area (Å²) in [4.78, 5) is 38.0. The largest absolute Gasteiger partial charge is 0.466 e. The van der Waals surface area contributed by atoms with Crippen LogP contribution in [-0.4, -0.2) is 67.0 Å². The Morgan fingerprint density at radius 2 is 2.11 bits per heavy atom. The summed E-state index contributed by atoms with van der Waals surface area (Å²) in [6.45, 7) is 2.77. The molecule has 2 rings (SSSR count). The van der Waals surface area contributed by atoms with Crippen LogP contribution in [-0.2, 0) is 19.1 Å². The fourth-order valence-electron chi connectivity index (χ4n) is 1.73. The Hall–Kier alpha value is -1.38. The maximum atomic E-state index is 12.0. The summed E-state index contributed by atoms with van der Waals surface area (Å²) in [5, 5.41) is -0.369. The number of methoxy groups -OCH3 is 1. The Bertz CT molecular complexity index is 431. The number of hydrogen-bond donors (Lipinski definition) is 0. The van der Waals surface area contributed by atoms with Gasteiger partial charge < -0.3 is 9.47 Å². The zero-order chi connectivity index (χ0) is 13.8. The van der Waals surface area contributed by atoms with Gasteiger partial charge in [0.25, 0.3) is 11.1 Å². The molecule has 0 atom stereocenters. The molecule has 2 amide bonds. The van der Waals surface area contributed by atoms with E-state index in [1.165, 1.54) is 7.11 Å². The molecule has 8 heteroatoms. The second-order valence-electron chi connectivity index (χ2n) is 4.00. The third-order valence-corrected chi connectivity index (χ3v) is 3.68. The van der Waals surface area contributed by atoms with Crippen LogP contribution in [0.4, 0.5) is 4.79 Å². The van der Waals surface area contributed by atoms with Crippen molar-refractivity contribution in [1.29, 1.82) is 0 Å². The third-order valence-electron chi connectivity index (χ3n) is 2.77. The Morgan fingerprint density at radius 1 is 1.42 bits per heavy atom. The monoisotopic (exact) mass is 286 g/mol. The zero-order valence-corrected chi connectivity index (χ0v) is 11.3. The Kier molecular flexibility index (Phi) is 4.56. The summed E-state index contributed by atoms with van der Waals surface area (Å²) in [7, 11) is 1.22. The van der Waals surface area contributed by atoms with E-state index in [2.05, 4.69) is 4.74 Å². The van der Waals surface area contributed by atoms with Gasteiger partial charge in [0.1, 0.15) is 0 Å². The Labute approximate surface area is 114 Å². The molecule has 2 fully saturated rings. The van der Waals surface area contributed by atoms with Crippen molar-refractivity contribution in [3.63, 3.8) is 0 Å². The highest BCUT2D eigenvalue weighted by Crippen LogP contribution is 2.30. The SMILES string of the molecule is COC(=O)C=C1SC(=O)N(CN2CCOCC2)C1=O. The molecule has 0 radical (unpaired) electrons. The quantitative estimate of drug-likeness (QED) is 0.535. The minimum absolute atomic E-state index is 0.102. The number of carbonyl (C=O) groups excluding carboxylic acids is 3. The van der Waals surface area contributed by atoms with Crippen LogP contribution in [0.5, 0.6) is 0 Å². The summed E-state index contributed by atoms with van der Waals surface area (Å²) in [5.74, 6) is -1.09. The van der Waals surface area contributed by atoms with Crippen molar-refractivity contribution >= 4 is 28.9 Å². The van der Waals surface area contributed by atoms with Gasteiger partial charge in [-0.25, -0.2) is 4.79 Å². The average Bonchev–Trinajstić information content (AvgIpc) is 2.67. The number of nitrogens with zero attached hydrogens (tertiary/aromatic N) is 2. The number of morpholine rings is 1. The van der Waals surface area contributed by atoms with Gasteiger partial charge in [-0.05, 0) is 11.8 Å². The molecule has 0 bridgehead atoms. The molecule has 0 aromatic carbocycles. The smallest absolute Gasteiger partial charge is 0.331 e. The van der Waals surface area contributed by atoms with Crippen molar-refractivity contribution in [2.45, 2.75) is 0 Å². The first-order chi connectivity index (χ1) is 9.11. The van der Waals surface area contributed by atoms with Gasteiger partial charge in [0.15, 0.2) is 0 Å². The predicted octanol–water partition coefficient (Wildman–Crippen LogP) is 0.0284. The predicted molar refractivity (Wildman–Crippen MR) is 67.2 cm³/mol. The lowest BCUT2D eigenvalue weighted by atomic mass is 10.4. The summed E-state index contributed by atoms with van der Waals surface area (Å²) in [6.07, 6.45) is 1.05. The molecule has 0 aromatic rings. The van der Waals surface area contributed by atoms with Crippen LogP contribution in [0, 0.1) is 0 Å². The molecule has 0 spiro atoms. The van der Waals surface area contributed by atoms with Crippen LogP contribution in [0.1, 0.15) is 0 Å². The van der Waals surface area contributed by atoms with E-state index >= 15 is 0 Å². The average molecular weight is 286 g/mol. The molecule has 0 aromatic heterocycles. The number of amides is 2. The van der Waals surface area contributed by atoms with Crippen molar-refractivity contribution in [2.24, 2.45) is 0 Å². The molecule has 2 aliphatic rings.